The van der Waals surface area contributed by atoms with Gasteiger partial charge in [-0.05, 0) is 49.8 Å². The summed E-state index contributed by atoms with van der Waals surface area (Å²) >= 11 is 6.40. The monoisotopic (exact) mass is 294 g/mol. The van der Waals surface area contributed by atoms with Crippen molar-refractivity contribution in [3.63, 3.8) is 0 Å². The fourth-order valence-electron chi connectivity index (χ4n) is 3.23. The molecule has 0 spiro atoms. The Kier molecular flexibility index (Phi) is 5.34. The van der Waals surface area contributed by atoms with Gasteiger partial charge < -0.3 is 10.6 Å². The highest BCUT2D eigenvalue weighted by molar-refractivity contribution is 6.31. The van der Waals surface area contributed by atoms with Crippen molar-refractivity contribution in [2.24, 2.45) is 11.7 Å². The van der Waals surface area contributed by atoms with Crippen molar-refractivity contribution in [3.8, 4) is 0 Å². The average Bonchev–Trinajstić information content (AvgIpc) is 2.40. The molecule has 2 nitrogen and oxygen atoms in total. The summed E-state index contributed by atoms with van der Waals surface area (Å²) in [4.78, 5) is 2.40. The predicted octanol–water partition coefficient (Wildman–Crippen LogP) is 4.24. The Balaban J connectivity index is 2.10. The van der Waals surface area contributed by atoms with Crippen molar-refractivity contribution < 1.29 is 0 Å². The van der Waals surface area contributed by atoms with E-state index in [4.69, 9.17) is 17.3 Å². The number of hydrogen-bond donors (Lipinski definition) is 1. The molecule has 112 valence electrons. The van der Waals surface area contributed by atoms with Crippen LogP contribution in [0, 0.1) is 5.92 Å². The summed E-state index contributed by atoms with van der Waals surface area (Å²) in [6.45, 7) is 4.37. The zero-order chi connectivity index (χ0) is 14.7. The van der Waals surface area contributed by atoms with E-state index in [0.29, 0.717) is 6.04 Å². The van der Waals surface area contributed by atoms with E-state index in [-0.39, 0.29) is 6.04 Å². The Hall–Kier alpha value is -0.730. The third-order valence-electron chi connectivity index (χ3n) is 4.44. The van der Waals surface area contributed by atoms with E-state index in [9.17, 15) is 0 Å². The number of hydrogen-bond acceptors (Lipinski definition) is 2. The summed E-state index contributed by atoms with van der Waals surface area (Å²) in [5.41, 5.74) is 8.23. The van der Waals surface area contributed by atoms with Crippen LogP contribution in [0.1, 0.15) is 45.1 Å². The zero-order valence-corrected chi connectivity index (χ0v) is 13.7. The van der Waals surface area contributed by atoms with Gasteiger partial charge >= 0.3 is 0 Å². The van der Waals surface area contributed by atoms with Crippen LogP contribution >= 0.6 is 11.6 Å². The minimum atomic E-state index is 0.148. The lowest BCUT2D eigenvalue weighted by Gasteiger charge is -2.35. The molecule has 20 heavy (non-hydrogen) atoms. The van der Waals surface area contributed by atoms with Crippen LogP contribution in [0.15, 0.2) is 18.2 Å². The molecular formula is C17H27ClN2. The lowest BCUT2D eigenvalue weighted by Crippen LogP contribution is -2.35. The summed E-state index contributed by atoms with van der Waals surface area (Å²) < 4.78 is 0. The number of nitrogens with two attached hydrogens (primary N) is 1. The molecule has 2 N–H and O–H groups in total. The second kappa shape index (κ2) is 6.82. The Morgan fingerprint density at radius 2 is 2.15 bits per heavy atom. The molecule has 3 heteroatoms. The van der Waals surface area contributed by atoms with Gasteiger partial charge in [-0.3, -0.25) is 0 Å². The number of halogens is 1. The van der Waals surface area contributed by atoms with E-state index in [2.05, 4.69) is 37.1 Å². The van der Waals surface area contributed by atoms with Gasteiger partial charge in [0.2, 0.25) is 0 Å². The normalized spacial score (nSPS) is 24.4. The maximum atomic E-state index is 6.40. The highest BCUT2D eigenvalue weighted by Crippen LogP contribution is 2.31. The van der Waals surface area contributed by atoms with E-state index < -0.39 is 0 Å². The number of nitrogens with zero attached hydrogens (tertiary/aromatic N) is 1. The molecule has 0 aliphatic heterocycles. The van der Waals surface area contributed by atoms with Crippen molar-refractivity contribution in [1.82, 2.24) is 0 Å². The van der Waals surface area contributed by atoms with E-state index in [1.54, 1.807) is 0 Å². The molecule has 0 saturated heterocycles. The maximum Gasteiger partial charge on any atom is 0.0459 e. The Morgan fingerprint density at radius 1 is 1.40 bits per heavy atom. The summed E-state index contributed by atoms with van der Waals surface area (Å²) in [5, 5.41) is 0.843. The lowest BCUT2D eigenvalue weighted by atomic mass is 9.86. The zero-order valence-electron chi connectivity index (χ0n) is 12.9. The van der Waals surface area contributed by atoms with Crippen molar-refractivity contribution >= 4 is 17.3 Å². The first-order chi connectivity index (χ1) is 9.47. The fraction of sp³-hybridized carbons (Fsp3) is 0.647. The van der Waals surface area contributed by atoms with Gasteiger partial charge in [0.05, 0.1) is 0 Å². The first kappa shape index (κ1) is 15.7. The minimum Gasteiger partial charge on any atom is -0.372 e. The molecule has 1 fully saturated rings. The second-order valence-corrected chi connectivity index (χ2v) is 6.90. The van der Waals surface area contributed by atoms with Gasteiger partial charge in [-0.2, -0.15) is 0 Å². The average molecular weight is 295 g/mol. The van der Waals surface area contributed by atoms with Crippen LogP contribution < -0.4 is 10.6 Å². The van der Waals surface area contributed by atoms with E-state index in [1.165, 1.54) is 31.4 Å². The quantitative estimate of drug-likeness (QED) is 0.900. The molecule has 3 unspecified atom stereocenters. The first-order valence-corrected chi connectivity index (χ1v) is 8.12. The Morgan fingerprint density at radius 3 is 2.75 bits per heavy atom. The predicted molar refractivity (Wildman–Crippen MR) is 88.6 cm³/mol. The smallest absolute Gasteiger partial charge is 0.0459 e. The number of benzene rings is 1. The van der Waals surface area contributed by atoms with Gasteiger partial charge in [-0.1, -0.05) is 37.4 Å². The van der Waals surface area contributed by atoms with Gasteiger partial charge in [0.25, 0.3) is 0 Å². The van der Waals surface area contributed by atoms with Gasteiger partial charge in [0.15, 0.2) is 0 Å². The van der Waals surface area contributed by atoms with Gasteiger partial charge in [-0.25, -0.2) is 0 Å². The molecule has 1 aromatic rings. The molecule has 1 aliphatic carbocycles. The Labute approximate surface area is 128 Å². The molecule has 0 heterocycles. The molecule has 2 rings (SSSR count). The summed E-state index contributed by atoms with van der Waals surface area (Å²) in [5.74, 6) is 0.837. The molecule has 0 amide bonds. The second-order valence-electron chi connectivity index (χ2n) is 6.49. The lowest BCUT2D eigenvalue weighted by molar-refractivity contribution is 0.336. The topological polar surface area (TPSA) is 29.3 Å². The van der Waals surface area contributed by atoms with Crippen LogP contribution in [0.5, 0.6) is 0 Å². The third kappa shape index (κ3) is 3.89. The fourth-order valence-corrected chi connectivity index (χ4v) is 3.48. The maximum absolute atomic E-state index is 6.40. The molecular weight excluding hydrogens is 268 g/mol. The molecule has 1 aromatic carbocycles. The number of anilines is 1. The van der Waals surface area contributed by atoms with Crippen LogP contribution in [0.4, 0.5) is 5.69 Å². The number of rotatable bonds is 4. The van der Waals surface area contributed by atoms with Crippen LogP contribution in [0.2, 0.25) is 5.02 Å². The molecule has 0 bridgehead atoms. The van der Waals surface area contributed by atoms with Crippen molar-refractivity contribution in [1.29, 1.82) is 0 Å². The summed E-state index contributed by atoms with van der Waals surface area (Å²) in [6, 6.07) is 7.20. The van der Waals surface area contributed by atoms with Gasteiger partial charge in [0, 0.05) is 29.8 Å². The molecule has 3 atom stereocenters. The largest absolute Gasteiger partial charge is 0.372 e. The first-order valence-electron chi connectivity index (χ1n) is 7.74. The highest BCUT2D eigenvalue weighted by Gasteiger charge is 2.22. The third-order valence-corrected chi connectivity index (χ3v) is 4.79. The molecule has 1 saturated carbocycles. The summed E-state index contributed by atoms with van der Waals surface area (Å²) in [7, 11) is 2.19. The van der Waals surface area contributed by atoms with Crippen LogP contribution in [0.25, 0.3) is 0 Å². The molecule has 0 radical (unpaired) electrons. The van der Waals surface area contributed by atoms with E-state index in [0.717, 1.165) is 22.9 Å². The standard InChI is InChI=1S/C17H27ClN2/c1-12-5-4-6-15(9-12)20(3)16-8-7-14(10-13(2)19)17(18)11-16/h7-8,11-13,15H,4-6,9-10,19H2,1-3H3. The van der Waals surface area contributed by atoms with Gasteiger partial charge in [-0.15, -0.1) is 0 Å². The summed E-state index contributed by atoms with van der Waals surface area (Å²) in [6.07, 6.45) is 6.13. The molecule has 0 aromatic heterocycles. The SMILES string of the molecule is CC(N)Cc1ccc(N(C)C2CCCC(C)C2)cc1Cl. The van der Waals surface area contributed by atoms with Crippen LogP contribution in [0.3, 0.4) is 0 Å². The van der Waals surface area contributed by atoms with Crippen LogP contribution in [-0.4, -0.2) is 19.1 Å². The van der Waals surface area contributed by atoms with Crippen molar-refractivity contribution in [2.45, 2.75) is 58.0 Å². The van der Waals surface area contributed by atoms with Crippen LogP contribution in [-0.2, 0) is 6.42 Å². The Bertz CT molecular complexity index is 445. The van der Waals surface area contributed by atoms with Crippen molar-refractivity contribution in [2.75, 3.05) is 11.9 Å². The highest BCUT2D eigenvalue weighted by atomic mass is 35.5. The van der Waals surface area contributed by atoms with E-state index >= 15 is 0 Å². The van der Waals surface area contributed by atoms with Crippen molar-refractivity contribution in [3.05, 3.63) is 28.8 Å². The van der Waals surface area contributed by atoms with E-state index in [1.807, 2.05) is 6.92 Å². The minimum absolute atomic E-state index is 0.148. The molecule has 1 aliphatic rings. The van der Waals surface area contributed by atoms with Gasteiger partial charge in [0.1, 0.15) is 0 Å².